The normalized spacial score (nSPS) is 31.9. The van der Waals surface area contributed by atoms with Crippen molar-refractivity contribution in [3.8, 4) is 0 Å². The van der Waals surface area contributed by atoms with Crippen molar-refractivity contribution in [2.45, 2.75) is 47.1 Å². The number of aliphatic hydroxyl groups excluding tert-OH is 1. The van der Waals surface area contributed by atoms with Crippen LogP contribution < -0.4 is 0 Å². The van der Waals surface area contributed by atoms with E-state index in [1.54, 1.807) is 0 Å². The first-order valence-corrected chi connectivity index (χ1v) is 5.29. The molecule has 1 N–H and O–H groups in total. The van der Waals surface area contributed by atoms with Crippen LogP contribution >= 0.6 is 0 Å². The molecule has 0 aromatic carbocycles. The highest BCUT2D eigenvalue weighted by Gasteiger charge is 2.38. The molecule has 1 aliphatic carbocycles. The van der Waals surface area contributed by atoms with Crippen molar-refractivity contribution in [3.63, 3.8) is 0 Å². The summed E-state index contributed by atoms with van der Waals surface area (Å²) in [6.45, 7) is 14.8. The summed E-state index contributed by atoms with van der Waals surface area (Å²) in [7, 11) is 0. The molecule has 2 atom stereocenters. The van der Waals surface area contributed by atoms with Gasteiger partial charge in [-0.25, -0.2) is 0 Å². The zero-order valence-electron chi connectivity index (χ0n) is 10.0. The second kappa shape index (κ2) is 3.54. The zero-order chi connectivity index (χ0) is 11.1. The van der Waals surface area contributed by atoms with Gasteiger partial charge < -0.3 is 5.11 Å². The molecule has 1 nitrogen and oxygen atoms in total. The molecular weight excluding hydrogens is 172 g/mol. The summed E-state index contributed by atoms with van der Waals surface area (Å²) in [5.74, 6) is 0.404. The first-order valence-electron chi connectivity index (χ1n) is 5.29. The van der Waals surface area contributed by atoms with Crippen molar-refractivity contribution in [1.29, 1.82) is 0 Å². The van der Waals surface area contributed by atoms with Crippen LogP contribution in [0.4, 0.5) is 0 Å². The van der Waals surface area contributed by atoms with Crippen molar-refractivity contribution < 1.29 is 5.11 Å². The Hall–Kier alpha value is -0.560. The molecular formula is C13H22O. The number of hydrogen-bond acceptors (Lipinski definition) is 1. The maximum Gasteiger partial charge on any atom is 0.0756 e. The highest BCUT2D eigenvalue weighted by molar-refractivity contribution is 5.28. The van der Waals surface area contributed by atoms with Crippen molar-refractivity contribution in [2.75, 3.05) is 0 Å². The molecule has 0 radical (unpaired) electrons. The first-order chi connectivity index (χ1) is 6.28. The minimum absolute atomic E-state index is 0.148. The molecule has 0 fully saturated rings. The molecule has 1 rings (SSSR count). The molecule has 0 aliphatic heterocycles. The average molecular weight is 194 g/mol. The Kier molecular flexibility index (Phi) is 2.91. The van der Waals surface area contributed by atoms with Crippen molar-refractivity contribution in [3.05, 3.63) is 23.3 Å². The molecule has 0 aromatic rings. The third-order valence-electron chi connectivity index (χ3n) is 3.98. The second-order valence-corrected chi connectivity index (χ2v) is 5.18. The molecule has 0 saturated carbocycles. The Morgan fingerprint density at radius 3 is 2.36 bits per heavy atom. The first kappa shape index (κ1) is 11.5. The van der Waals surface area contributed by atoms with Gasteiger partial charge in [0.05, 0.1) is 6.10 Å². The highest BCUT2D eigenvalue weighted by Crippen LogP contribution is 2.46. The maximum atomic E-state index is 9.90. The van der Waals surface area contributed by atoms with E-state index in [0.717, 1.165) is 12.0 Å². The quantitative estimate of drug-likeness (QED) is 0.635. The second-order valence-electron chi connectivity index (χ2n) is 5.18. The third kappa shape index (κ3) is 1.66. The summed E-state index contributed by atoms with van der Waals surface area (Å²) in [5, 5.41) is 9.90. The van der Waals surface area contributed by atoms with Crippen molar-refractivity contribution >= 4 is 0 Å². The summed E-state index contributed by atoms with van der Waals surface area (Å²) in [5.41, 5.74) is 3.80. The van der Waals surface area contributed by atoms with Gasteiger partial charge in [-0.1, -0.05) is 31.6 Å². The Morgan fingerprint density at radius 2 is 1.93 bits per heavy atom. The van der Waals surface area contributed by atoms with Gasteiger partial charge >= 0.3 is 0 Å². The lowest BCUT2D eigenvalue weighted by Crippen LogP contribution is -2.36. The van der Waals surface area contributed by atoms with Crippen LogP contribution in [0, 0.1) is 11.3 Å². The van der Waals surface area contributed by atoms with Gasteiger partial charge in [-0.15, -0.1) is 0 Å². The molecule has 0 heterocycles. The Balaban J connectivity index is 3.15. The van der Waals surface area contributed by atoms with E-state index in [4.69, 9.17) is 0 Å². The number of hydrogen-bond donors (Lipinski definition) is 1. The van der Waals surface area contributed by atoms with Crippen LogP contribution in [0.5, 0.6) is 0 Å². The number of rotatable bonds is 1. The minimum Gasteiger partial charge on any atom is -0.389 e. The van der Waals surface area contributed by atoms with E-state index in [1.807, 2.05) is 6.92 Å². The summed E-state index contributed by atoms with van der Waals surface area (Å²) in [6, 6.07) is 0. The smallest absolute Gasteiger partial charge is 0.0756 e. The van der Waals surface area contributed by atoms with Crippen LogP contribution in [-0.4, -0.2) is 11.2 Å². The Labute approximate surface area is 87.5 Å². The Morgan fingerprint density at radius 1 is 1.43 bits per heavy atom. The van der Waals surface area contributed by atoms with Crippen molar-refractivity contribution in [1.82, 2.24) is 0 Å². The fourth-order valence-corrected chi connectivity index (χ4v) is 2.53. The SMILES string of the molecule is C=C(C)[C@@H]1C[C@H](O)C(C)=C(C)C1(C)C. The van der Waals surface area contributed by atoms with Gasteiger partial charge in [-0.05, 0) is 44.1 Å². The minimum atomic E-state index is -0.273. The summed E-state index contributed by atoms with van der Waals surface area (Å²) in [4.78, 5) is 0. The number of aliphatic hydroxyl groups is 1. The lowest BCUT2D eigenvalue weighted by Gasteiger charge is -2.43. The van der Waals surface area contributed by atoms with E-state index in [9.17, 15) is 5.11 Å². The molecule has 1 heteroatoms. The van der Waals surface area contributed by atoms with Gasteiger partial charge in [0, 0.05) is 0 Å². The fourth-order valence-electron chi connectivity index (χ4n) is 2.53. The van der Waals surface area contributed by atoms with E-state index in [0.29, 0.717) is 5.92 Å². The summed E-state index contributed by atoms with van der Waals surface area (Å²) >= 11 is 0. The molecule has 80 valence electrons. The molecule has 0 unspecified atom stereocenters. The van der Waals surface area contributed by atoms with Crippen LogP contribution in [0.2, 0.25) is 0 Å². The third-order valence-corrected chi connectivity index (χ3v) is 3.98. The summed E-state index contributed by atoms with van der Waals surface area (Å²) < 4.78 is 0. The maximum absolute atomic E-state index is 9.90. The Bertz CT molecular complexity index is 284. The fraction of sp³-hybridized carbons (Fsp3) is 0.692. The van der Waals surface area contributed by atoms with Gasteiger partial charge in [0.2, 0.25) is 0 Å². The average Bonchev–Trinajstić information content (AvgIpc) is 2.08. The van der Waals surface area contributed by atoms with E-state index in [-0.39, 0.29) is 11.5 Å². The van der Waals surface area contributed by atoms with Gasteiger partial charge in [0.1, 0.15) is 0 Å². The molecule has 0 spiro atoms. The molecule has 1 aliphatic rings. The molecule has 0 aromatic heterocycles. The summed E-state index contributed by atoms with van der Waals surface area (Å²) in [6.07, 6.45) is 0.552. The van der Waals surface area contributed by atoms with E-state index >= 15 is 0 Å². The van der Waals surface area contributed by atoms with Crippen LogP contribution in [0.3, 0.4) is 0 Å². The molecule has 0 amide bonds. The molecule has 0 bridgehead atoms. The molecule has 0 saturated heterocycles. The number of allylic oxidation sites excluding steroid dienone is 2. The van der Waals surface area contributed by atoms with E-state index < -0.39 is 0 Å². The largest absolute Gasteiger partial charge is 0.389 e. The van der Waals surface area contributed by atoms with E-state index in [1.165, 1.54) is 11.1 Å². The molecule has 14 heavy (non-hydrogen) atoms. The van der Waals surface area contributed by atoms with E-state index in [2.05, 4.69) is 34.3 Å². The predicted molar refractivity (Wildman–Crippen MR) is 61.1 cm³/mol. The van der Waals surface area contributed by atoms with Crippen LogP contribution in [0.1, 0.15) is 41.0 Å². The highest BCUT2D eigenvalue weighted by atomic mass is 16.3. The predicted octanol–water partition coefficient (Wildman–Crippen LogP) is 3.31. The standard InChI is InChI=1S/C13H22O/c1-8(2)11-7-12(14)9(3)10(4)13(11,5)6/h11-12,14H,1,7H2,2-6H3/t11-,12-/m0/s1. The van der Waals surface area contributed by atoms with Crippen LogP contribution in [-0.2, 0) is 0 Å². The topological polar surface area (TPSA) is 20.2 Å². The van der Waals surface area contributed by atoms with Crippen LogP contribution in [0.25, 0.3) is 0 Å². The van der Waals surface area contributed by atoms with Gasteiger partial charge in [-0.3, -0.25) is 0 Å². The van der Waals surface area contributed by atoms with Gasteiger partial charge in [0.15, 0.2) is 0 Å². The lowest BCUT2D eigenvalue weighted by molar-refractivity contribution is 0.126. The van der Waals surface area contributed by atoms with Crippen molar-refractivity contribution in [2.24, 2.45) is 11.3 Å². The zero-order valence-corrected chi connectivity index (χ0v) is 10.0. The lowest BCUT2D eigenvalue weighted by atomic mass is 9.63. The van der Waals surface area contributed by atoms with Gasteiger partial charge in [0.25, 0.3) is 0 Å². The monoisotopic (exact) mass is 194 g/mol. The van der Waals surface area contributed by atoms with Gasteiger partial charge in [-0.2, -0.15) is 0 Å². The van der Waals surface area contributed by atoms with Crippen LogP contribution in [0.15, 0.2) is 23.3 Å².